The van der Waals surface area contributed by atoms with Crippen molar-refractivity contribution < 1.29 is 5.11 Å². The summed E-state index contributed by atoms with van der Waals surface area (Å²) in [5, 5.41) is 14.8. The Hall–Kier alpha value is -1.91. The van der Waals surface area contributed by atoms with Gasteiger partial charge in [-0.2, -0.15) is 0 Å². The van der Waals surface area contributed by atoms with Crippen molar-refractivity contribution in [2.24, 2.45) is 0 Å². The Morgan fingerprint density at radius 1 is 1.10 bits per heavy atom. The molecule has 0 aliphatic carbocycles. The van der Waals surface area contributed by atoms with Gasteiger partial charge in [0.15, 0.2) is 5.13 Å². The summed E-state index contributed by atoms with van der Waals surface area (Å²) in [6.07, 6.45) is 0.632. The molecule has 0 amide bonds. The lowest BCUT2D eigenvalue weighted by Crippen LogP contribution is -2.24. The summed E-state index contributed by atoms with van der Waals surface area (Å²) in [7, 11) is 0. The Bertz CT molecular complexity index is 689. The first kappa shape index (κ1) is 14.0. The van der Waals surface area contributed by atoms with Crippen LogP contribution in [-0.2, 0) is 5.60 Å². The van der Waals surface area contributed by atoms with E-state index in [2.05, 4.69) is 16.4 Å². The number of hydrogen-bond acceptors (Lipinski definition) is 4. The molecular formula is C17H18N2OS. The molecule has 0 saturated carbocycles. The Morgan fingerprint density at radius 2 is 1.81 bits per heavy atom. The topological polar surface area (TPSA) is 45.1 Å². The number of benzene rings is 2. The summed E-state index contributed by atoms with van der Waals surface area (Å²) in [6.45, 7) is 2.53. The number of rotatable bonds is 5. The van der Waals surface area contributed by atoms with Crippen LogP contribution in [0.1, 0.15) is 18.9 Å². The second-order valence-electron chi connectivity index (χ2n) is 5.30. The van der Waals surface area contributed by atoms with Crippen molar-refractivity contribution in [2.45, 2.75) is 18.9 Å². The molecule has 1 atom stereocenters. The monoisotopic (exact) mass is 298 g/mol. The second kappa shape index (κ2) is 5.84. The molecule has 0 radical (unpaired) electrons. The van der Waals surface area contributed by atoms with Crippen LogP contribution in [0.2, 0.25) is 0 Å². The molecule has 0 saturated heterocycles. The van der Waals surface area contributed by atoms with E-state index >= 15 is 0 Å². The first-order chi connectivity index (χ1) is 10.1. The molecule has 1 aromatic heterocycles. The van der Waals surface area contributed by atoms with Crippen LogP contribution >= 0.6 is 11.3 Å². The SMILES string of the molecule is CC(O)(CCNc1nc2ccccc2s1)c1ccccc1. The number of fused-ring (bicyclic) bond motifs is 1. The van der Waals surface area contributed by atoms with Gasteiger partial charge in [0.2, 0.25) is 0 Å². The molecule has 1 unspecified atom stereocenters. The van der Waals surface area contributed by atoms with Crippen molar-refractivity contribution in [3.8, 4) is 0 Å². The quantitative estimate of drug-likeness (QED) is 0.748. The predicted octanol–water partition coefficient (Wildman–Crippen LogP) is 4.01. The van der Waals surface area contributed by atoms with Crippen LogP contribution in [0.4, 0.5) is 5.13 Å². The van der Waals surface area contributed by atoms with E-state index in [9.17, 15) is 5.11 Å². The van der Waals surface area contributed by atoms with E-state index in [1.807, 2.05) is 55.5 Å². The molecule has 0 aliphatic heterocycles. The molecule has 2 aromatic carbocycles. The standard InChI is InChI=1S/C17H18N2OS/c1-17(20,13-7-3-2-4-8-13)11-12-18-16-19-14-9-5-6-10-15(14)21-16/h2-10,20H,11-12H2,1H3,(H,18,19). The fourth-order valence-corrected chi connectivity index (χ4v) is 3.19. The molecule has 4 heteroatoms. The molecule has 0 bridgehead atoms. The zero-order valence-corrected chi connectivity index (χ0v) is 12.7. The van der Waals surface area contributed by atoms with Gasteiger partial charge in [0, 0.05) is 6.54 Å². The largest absolute Gasteiger partial charge is 0.385 e. The number of aromatic nitrogens is 1. The maximum absolute atomic E-state index is 10.5. The Balaban J connectivity index is 1.63. The normalized spacial score (nSPS) is 14.0. The highest BCUT2D eigenvalue weighted by Crippen LogP contribution is 2.27. The van der Waals surface area contributed by atoms with Crippen LogP contribution in [-0.4, -0.2) is 16.6 Å². The summed E-state index contributed by atoms with van der Waals surface area (Å²) in [5.74, 6) is 0. The fourth-order valence-electron chi connectivity index (χ4n) is 2.30. The van der Waals surface area contributed by atoms with E-state index in [4.69, 9.17) is 0 Å². The van der Waals surface area contributed by atoms with E-state index < -0.39 is 5.60 Å². The van der Waals surface area contributed by atoms with Crippen LogP contribution in [0.3, 0.4) is 0 Å². The Labute approximate surface area is 128 Å². The van der Waals surface area contributed by atoms with Gasteiger partial charge in [-0.1, -0.05) is 53.8 Å². The number of hydrogen-bond donors (Lipinski definition) is 2. The third-order valence-electron chi connectivity index (χ3n) is 3.58. The highest BCUT2D eigenvalue weighted by Gasteiger charge is 2.22. The zero-order valence-electron chi connectivity index (χ0n) is 11.9. The van der Waals surface area contributed by atoms with Gasteiger partial charge in [0.1, 0.15) is 0 Å². The van der Waals surface area contributed by atoms with Crippen LogP contribution < -0.4 is 5.32 Å². The fraction of sp³-hybridized carbons (Fsp3) is 0.235. The third-order valence-corrected chi connectivity index (χ3v) is 4.57. The van der Waals surface area contributed by atoms with Crippen LogP contribution in [0.25, 0.3) is 10.2 Å². The Kier molecular flexibility index (Phi) is 3.90. The van der Waals surface area contributed by atoms with Crippen molar-refractivity contribution >= 4 is 26.7 Å². The van der Waals surface area contributed by atoms with Gasteiger partial charge in [-0.25, -0.2) is 4.98 Å². The van der Waals surface area contributed by atoms with Gasteiger partial charge in [-0.15, -0.1) is 0 Å². The van der Waals surface area contributed by atoms with Gasteiger partial charge < -0.3 is 10.4 Å². The molecule has 21 heavy (non-hydrogen) atoms. The predicted molar refractivity (Wildman–Crippen MR) is 88.7 cm³/mol. The first-order valence-corrected chi connectivity index (χ1v) is 7.84. The number of nitrogens with one attached hydrogen (secondary N) is 1. The van der Waals surface area contributed by atoms with Crippen molar-refractivity contribution in [3.63, 3.8) is 0 Å². The Morgan fingerprint density at radius 3 is 2.57 bits per heavy atom. The molecular weight excluding hydrogens is 280 g/mol. The summed E-state index contributed by atoms with van der Waals surface area (Å²) >= 11 is 1.64. The van der Waals surface area contributed by atoms with E-state index in [0.717, 1.165) is 16.2 Å². The second-order valence-corrected chi connectivity index (χ2v) is 6.33. The average molecular weight is 298 g/mol. The lowest BCUT2D eigenvalue weighted by molar-refractivity contribution is 0.0515. The number of aliphatic hydroxyl groups is 1. The van der Waals surface area contributed by atoms with Crippen molar-refractivity contribution in [2.75, 3.05) is 11.9 Å². The number of para-hydroxylation sites is 1. The molecule has 1 heterocycles. The number of thiazole rings is 1. The summed E-state index contributed by atoms with van der Waals surface area (Å²) in [6, 6.07) is 17.9. The first-order valence-electron chi connectivity index (χ1n) is 7.02. The lowest BCUT2D eigenvalue weighted by atomic mass is 9.93. The minimum Gasteiger partial charge on any atom is -0.385 e. The highest BCUT2D eigenvalue weighted by molar-refractivity contribution is 7.22. The van der Waals surface area contributed by atoms with Crippen molar-refractivity contribution in [1.29, 1.82) is 0 Å². The number of nitrogens with zero attached hydrogens (tertiary/aromatic N) is 1. The van der Waals surface area contributed by atoms with Crippen molar-refractivity contribution in [3.05, 3.63) is 60.2 Å². The molecule has 3 nitrogen and oxygen atoms in total. The van der Waals surface area contributed by atoms with Gasteiger partial charge in [0.05, 0.1) is 15.8 Å². The summed E-state index contributed by atoms with van der Waals surface area (Å²) in [4.78, 5) is 4.53. The minimum absolute atomic E-state index is 0.632. The van der Waals surface area contributed by atoms with Crippen LogP contribution in [0, 0.1) is 0 Å². The zero-order chi connectivity index (χ0) is 14.7. The molecule has 2 N–H and O–H groups in total. The van der Waals surface area contributed by atoms with E-state index in [0.29, 0.717) is 13.0 Å². The highest BCUT2D eigenvalue weighted by atomic mass is 32.1. The molecule has 0 fully saturated rings. The lowest BCUT2D eigenvalue weighted by Gasteiger charge is -2.23. The third kappa shape index (κ3) is 3.23. The van der Waals surface area contributed by atoms with Crippen molar-refractivity contribution in [1.82, 2.24) is 4.98 Å². The molecule has 0 aliphatic rings. The molecule has 3 rings (SSSR count). The van der Waals surface area contributed by atoms with E-state index in [1.54, 1.807) is 11.3 Å². The smallest absolute Gasteiger partial charge is 0.183 e. The maximum Gasteiger partial charge on any atom is 0.183 e. The van der Waals surface area contributed by atoms with Crippen LogP contribution in [0.15, 0.2) is 54.6 Å². The van der Waals surface area contributed by atoms with Gasteiger partial charge in [-0.3, -0.25) is 0 Å². The van der Waals surface area contributed by atoms with Gasteiger partial charge in [0.25, 0.3) is 0 Å². The molecule has 3 aromatic rings. The molecule has 108 valence electrons. The maximum atomic E-state index is 10.5. The minimum atomic E-state index is -0.828. The van der Waals surface area contributed by atoms with E-state index in [-0.39, 0.29) is 0 Å². The molecule has 0 spiro atoms. The average Bonchev–Trinajstić information content (AvgIpc) is 2.90. The van der Waals surface area contributed by atoms with Gasteiger partial charge in [-0.05, 0) is 31.0 Å². The van der Waals surface area contributed by atoms with E-state index in [1.165, 1.54) is 4.70 Å². The number of anilines is 1. The summed E-state index contributed by atoms with van der Waals surface area (Å²) < 4.78 is 1.18. The summed E-state index contributed by atoms with van der Waals surface area (Å²) in [5.41, 5.74) is 1.13. The van der Waals surface area contributed by atoms with Gasteiger partial charge >= 0.3 is 0 Å². The van der Waals surface area contributed by atoms with Crippen LogP contribution in [0.5, 0.6) is 0 Å².